The van der Waals surface area contributed by atoms with Crippen molar-refractivity contribution in [1.29, 1.82) is 0 Å². The summed E-state index contributed by atoms with van der Waals surface area (Å²) in [6, 6.07) is 15.5. The molecule has 32 heavy (non-hydrogen) atoms. The fourth-order valence-electron chi connectivity index (χ4n) is 3.80. The summed E-state index contributed by atoms with van der Waals surface area (Å²) in [6.07, 6.45) is 1.60. The number of ether oxygens (including phenoxy) is 2. The summed E-state index contributed by atoms with van der Waals surface area (Å²) in [6.45, 7) is 0. The second-order valence-corrected chi connectivity index (χ2v) is 7.25. The summed E-state index contributed by atoms with van der Waals surface area (Å²) in [5, 5.41) is 0.705. The number of benzene rings is 2. The number of imide groups is 1. The molecule has 0 fully saturated rings. The van der Waals surface area contributed by atoms with E-state index in [0.29, 0.717) is 44.7 Å². The maximum atomic E-state index is 13.2. The second kappa shape index (κ2) is 7.35. The lowest BCUT2D eigenvalue weighted by Crippen LogP contribution is -2.30. The van der Waals surface area contributed by atoms with E-state index in [4.69, 9.17) is 15.2 Å². The van der Waals surface area contributed by atoms with Gasteiger partial charge in [0.05, 0.1) is 30.9 Å². The summed E-state index contributed by atoms with van der Waals surface area (Å²) in [7, 11) is 3.10. The predicted octanol–water partition coefficient (Wildman–Crippen LogP) is 3.70. The van der Waals surface area contributed by atoms with Gasteiger partial charge in [0.25, 0.3) is 11.8 Å². The summed E-state index contributed by atoms with van der Waals surface area (Å²) < 4.78 is 10.8. The number of pyridine rings is 2. The van der Waals surface area contributed by atoms with Gasteiger partial charge in [-0.15, -0.1) is 0 Å². The lowest BCUT2D eigenvalue weighted by atomic mass is 10.0. The first kappa shape index (κ1) is 19.5. The zero-order valence-corrected chi connectivity index (χ0v) is 17.3. The lowest BCUT2D eigenvalue weighted by Gasteiger charge is -2.19. The van der Waals surface area contributed by atoms with E-state index in [2.05, 4.69) is 9.97 Å². The number of carbonyl (C=O) groups is 2. The molecule has 158 valence electrons. The molecule has 2 aromatic heterocycles. The Hall–Kier alpha value is -4.46. The highest BCUT2D eigenvalue weighted by Crippen LogP contribution is 2.39. The minimum absolute atomic E-state index is 0.199. The quantitative estimate of drug-likeness (QED) is 0.496. The van der Waals surface area contributed by atoms with E-state index in [1.54, 1.807) is 68.9 Å². The monoisotopic (exact) mass is 426 g/mol. The van der Waals surface area contributed by atoms with Gasteiger partial charge in [0, 0.05) is 29.3 Å². The third kappa shape index (κ3) is 3.01. The molecule has 8 nitrogen and oxygen atoms in total. The Labute approximate surface area is 183 Å². The van der Waals surface area contributed by atoms with Gasteiger partial charge in [0.2, 0.25) is 0 Å². The van der Waals surface area contributed by atoms with Crippen LogP contribution in [0.3, 0.4) is 0 Å². The number of nitrogens with zero attached hydrogens (tertiary/aromatic N) is 3. The van der Waals surface area contributed by atoms with Crippen LogP contribution in [0.1, 0.15) is 20.7 Å². The number of methoxy groups -OCH3 is 2. The van der Waals surface area contributed by atoms with Crippen LogP contribution in [-0.2, 0) is 0 Å². The summed E-state index contributed by atoms with van der Waals surface area (Å²) >= 11 is 0. The molecule has 4 aromatic rings. The Kier molecular flexibility index (Phi) is 4.48. The van der Waals surface area contributed by atoms with Crippen molar-refractivity contribution in [3.05, 3.63) is 71.9 Å². The summed E-state index contributed by atoms with van der Waals surface area (Å²) in [5.74, 6) is 0.733. The van der Waals surface area contributed by atoms with Crippen molar-refractivity contribution >= 4 is 34.4 Å². The van der Waals surface area contributed by atoms with Crippen LogP contribution in [0.5, 0.6) is 11.5 Å². The zero-order valence-electron chi connectivity index (χ0n) is 17.3. The van der Waals surface area contributed by atoms with Crippen LogP contribution in [0, 0.1) is 0 Å². The first-order chi connectivity index (χ1) is 15.5. The highest BCUT2D eigenvalue weighted by atomic mass is 16.5. The van der Waals surface area contributed by atoms with Crippen LogP contribution in [0.2, 0.25) is 0 Å². The lowest BCUT2D eigenvalue weighted by molar-refractivity contribution is 0.0925. The molecule has 2 N–H and O–H groups in total. The van der Waals surface area contributed by atoms with Crippen LogP contribution in [0.15, 0.2) is 60.8 Å². The van der Waals surface area contributed by atoms with Crippen molar-refractivity contribution in [2.75, 3.05) is 24.9 Å². The third-order valence-corrected chi connectivity index (χ3v) is 5.37. The minimum atomic E-state index is -0.435. The van der Waals surface area contributed by atoms with Crippen LogP contribution in [0.4, 0.5) is 11.6 Å². The van der Waals surface area contributed by atoms with Crippen LogP contribution in [-0.4, -0.2) is 36.0 Å². The van der Waals surface area contributed by atoms with Crippen molar-refractivity contribution in [2.24, 2.45) is 0 Å². The highest BCUT2D eigenvalue weighted by molar-refractivity contribution is 6.35. The van der Waals surface area contributed by atoms with Gasteiger partial charge in [-0.3, -0.25) is 9.59 Å². The Morgan fingerprint density at radius 1 is 0.844 bits per heavy atom. The fourth-order valence-corrected chi connectivity index (χ4v) is 3.80. The molecular weight excluding hydrogens is 408 g/mol. The molecule has 0 spiro atoms. The molecular formula is C24H18N4O4. The largest absolute Gasteiger partial charge is 0.497 e. The molecule has 1 aliphatic rings. The van der Waals surface area contributed by atoms with Gasteiger partial charge in [0.1, 0.15) is 17.3 Å². The number of fused-ring (bicyclic) bond motifs is 2. The van der Waals surface area contributed by atoms with Crippen LogP contribution >= 0.6 is 0 Å². The van der Waals surface area contributed by atoms with Gasteiger partial charge >= 0.3 is 0 Å². The number of nitrogens with two attached hydrogens (primary N) is 1. The molecule has 1 aliphatic heterocycles. The topological polar surface area (TPSA) is 108 Å². The number of nitrogen functional groups attached to an aromatic ring is 1. The Bertz CT molecular complexity index is 1360. The van der Waals surface area contributed by atoms with Gasteiger partial charge in [-0.2, -0.15) is 0 Å². The molecule has 3 heterocycles. The normalized spacial score (nSPS) is 12.9. The second-order valence-electron chi connectivity index (χ2n) is 7.25. The molecule has 2 aromatic carbocycles. The molecule has 0 unspecified atom stereocenters. The molecule has 0 aliphatic carbocycles. The summed E-state index contributed by atoms with van der Waals surface area (Å²) in [5.41, 5.74) is 8.25. The molecule has 0 atom stereocenters. The molecule has 8 heteroatoms. The molecule has 5 rings (SSSR count). The standard InChI is InChI=1S/C24H18N4O4/c1-31-15-7-13(8-16(10-15)32-2)19-9-14-12-26-21(25)11-20(14)27-22(19)28-23(29)17-5-3-4-6-18(17)24(28)30/h3-12H,1-2H3,(H2,25,26). The Morgan fingerprint density at radius 2 is 1.47 bits per heavy atom. The third-order valence-electron chi connectivity index (χ3n) is 5.37. The van der Waals surface area contributed by atoms with Crippen molar-refractivity contribution in [2.45, 2.75) is 0 Å². The zero-order chi connectivity index (χ0) is 22.4. The van der Waals surface area contributed by atoms with Crippen LogP contribution < -0.4 is 20.1 Å². The predicted molar refractivity (Wildman–Crippen MR) is 120 cm³/mol. The fraction of sp³-hybridized carbons (Fsp3) is 0.0833. The van der Waals surface area contributed by atoms with Gasteiger partial charge in [-0.05, 0) is 35.9 Å². The van der Waals surface area contributed by atoms with Crippen molar-refractivity contribution < 1.29 is 19.1 Å². The number of rotatable bonds is 4. The molecule has 0 radical (unpaired) electrons. The number of hydrogen-bond donors (Lipinski definition) is 1. The first-order valence-electron chi connectivity index (χ1n) is 9.77. The Balaban J connectivity index is 1.79. The average molecular weight is 426 g/mol. The van der Waals surface area contributed by atoms with Gasteiger partial charge in [0.15, 0.2) is 5.82 Å². The maximum Gasteiger partial charge on any atom is 0.267 e. The smallest absolute Gasteiger partial charge is 0.267 e. The van der Waals surface area contributed by atoms with Crippen molar-refractivity contribution in [3.8, 4) is 22.6 Å². The van der Waals surface area contributed by atoms with E-state index in [-0.39, 0.29) is 11.6 Å². The van der Waals surface area contributed by atoms with E-state index in [1.165, 1.54) is 0 Å². The molecule has 0 saturated heterocycles. The first-order valence-corrected chi connectivity index (χ1v) is 9.77. The minimum Gasteiger partial charge on any atom is -0.497 e. The number of amides is 2. The number of aromatic nitrogens is 2. The van der Waals surface area contributed by atoms with Gasteiger partial charge < -0.3 is 15.2 Å². The van der Waals surface area contributed by atoms with E-state index in [0.717, 1.165) is 4.90 Å². The summed E-state index contributed by atoms with van der Waals surface area (Å²) in [4.78, 5) is 36.3. The Morgan fingerprint density at radius 3 is 2.06 bits per heavy atom. The number of hydrogen-bond acceptors (Lipinski definition) is 7. The average Bonchev–Trinajstić information content (AvgIpc) is 3.07. The van der Waals surface area contributed by atoms with Gasteiger partial charge in [-0.25, -0.2) is 14.9 Å². The maximum absolute atomic E-state index is 13.2. The van der Waals surface area contributed by atoms with Gasteiger partial charge in [-0.1, -0.05) is 12.1 Å². The van der Waals surface area contributed by atoms with E-state index < -0.39 is 11.8 Å². The number of anilines is 2. The molecule has 2 amide bonds. The van der Waals surface area contributed by atoms with E-state index in [1.807, 2.05) is 6.07 Å². The number of carbonyl (C=O) groups excluding carboxylic acids is 2. The van der Waals surface area contributed by atoms with E-state index in [9.17, 15) is 9.59 Å². The highest BCUT2D eigenvalue weighted by Gasteiger charge is 2.38. The molecule has 0 saturated carbocycles. The van der Waals surface area contributed by atoms with Crippen LogP contribution in [0.25, 0.3) is 22.0 Å². The van der Waals surface area contributed by atoms with Crippen molar-refractivity contribution in [3.63, 3.8) is 0 Å². The molecule has 0 bridgehead atoms. The SMILES string of the molecule is COc1cc(OC)cc(-c2cc3cnc(N)cc3nc2N2C(=O)c3ccccc3C2=O)c1. The van der Waals surface area contributed by atoms with Crippen molar-refractivity contribution in [1.82, 2.24) is 9.97 Å². The van der Waals surface area contributed by atoms with E-state index >= 15 is 0 Å².